The van der Waals surface area contributed by atoms with Gasteiger partial charge in [0.1, 0.15) is 29.0 Å². The van der Waals surface area contributed by atoms with Gasteiger partial charge in [-0.2, -0.15) is 13.2 Å². The highest BCUT2D eigenvalue weighted by molar-refractivity contribution is 6.04. The van der Waals surface area contributed by atoms with Crippen molar-refractivity contribution in [2.75, 3.05) is 30.4 Å². The minimum Gasteiger partial charge on any atom is -0.506 e. The maximum Gasteiger partial charge on any atom is 0.420 e. The lowest BCUT2D eigenvalue weighted by atomic mass is 10.0. The summed E-state index contributed by atoms with van der Waals surface area (Å²) in [6.07, 6.45) is -3.78. The van der Waals surface area contributed by atoms with E-state index < -0.39 is 23.8 Å². The van der Waals surface area contributed by atoms with Crippen LogP contribution in [0.15, 0.2) is 30.3 Å². The second-order valence-corrected chi connectivity index (χ2v) is 9.24. The zero-order valence-electron chi connectivity index (χ0n) is 20.7. The summed E-state index contributed by atoms with van der Waals surface area (Å²) < 4.78 is 48.5. The number of nitrogens with one attached hydrogen (secondary N) is 2. The molecule has 5 N–H and O–H groups in total. The van der Waals surface area contributed by atoms with Crippen LogP contribution < -0.4 is 20.7 Å². The second kappa shape index (κ2) is 10.7. The number of piperidine rings is 1. The number of phenolic OH excluding ortho intramolecular Hbond substituents is 1. The molecule has 1 fully saturated rings. The number of urea groups is 1. The molecule has 0 bridgehead atoms. The number of amides is 2. The van der Waals surface area contributed by atoms with Crippen molar-refractivity contribution in [1.82, 2.24) is 4.90 Å². The lowest BCUT2D eigenvalue weighted by Gasteiger charge is -2.32. The maximum atomic E-state index is 14.2. The Labute approximate surface area is 208 Å². The number of carbonyl (C=O) groups excluding carboxylic acids is 1. The summed E-state index contributed by atoms with van der Waals surface area (Å²) in [5.74, 6) is -0.794. The predicted octanol–water partition coefficient (Wildman–Crippen LogP) is 4.92. The SMILES string of the molecule is Cc1c(N(C(=O)Nc2cc(C(=N)N)ccc2O)C(C)C)ccc(OC2CCN(C)CC2)c1C(F)(F)F. The molecule has 1 aliphatic rings. The predicted molar refractivity (Wildman–Crippen MR) is 133 cm³/mol. The van der Waals surface area contributed by atoms with Gasteiger partial charge in [-0.05, 0) is 76.6 Å². The Morgan fingerprint density at radius 3 is 2.44 bits per heavy atom. The molecule has 0 aromatic heterocycles. The number of nitrogens with zero attached hydrogens (tertiary/aromatic N) is 2. The fourth-order valence-electron chi connectivity index (χ4n) is 4.27. The minimum atomic E-state index is -4.70. The number of carbonyl (C=O) groups is 1. The largest absolute Gasteiger partial charge is 0.506 e. The maximum absolute atomic E-state index is 14.2. The Balaban J connectivity index is 1.97. The van der Waals surface area contributed by atoms with Gasteiger partial charge in [0.05, 0.1) is 5.69 Å². The second-order valence-electron chi connectivity index (χ2n) is 9.24. The van der Waals surface area contributed by atoms with Crippen molar-refractivity contribution in [2.45, 2.75) is 51.9 Å². The van der Waals surface area contributed by atoms with E-state index in [0.29, 0.717) is 12.8 Å². The number of ether oxygens (including phenoxy) is 1. The number of hydrogen-bond acceptors (Lipinski definition) is 5. The summed E-state index contributed by atoms with van der Waals surface area (Å²) >= 11 is 0. The van der Waals surface area contributed by atoms with Gasteiger partial charge in [-0.25, -0.2) is 4.79 Å². The molecule has 36 heavy (non-hydrogen) atoms. The molecule has 0 radical (unpaired) electrons. The van der Waals surface area contributed by atoms with Crippen LogP contribution in [0.1, 0.15) is 43.4 Å². The quantitative estimate of drug-likeness (QED) is 0.252. The van der Waals surface area contributed by atoms with Crippen molar-refractivity contribution in [3.05, 3.63) is 47.0 Å². The van der Waals surface area contributed by atoms with Crippen LogP contribution in [0.3, 0.4) is 0 Å². The number of halogens is 3. The van der Waals surface area contributed by atoms with Crippen LogP contribution in [0.25, 0.3) is 0 Å². The fourth-order valence-corrected chi connectivity index (χ4v) is 4.27. The number of phenols is 1. The van der Waals surface area contributed by atoms with Crippen LogP contribution in [-0.2, 0) is 6.18 Å². The third kappa shape index (κ3) is 6.01. The number of hydrogen-bond donors (Lipinski definition) is 4. The molecule has 0 aliphatic carbocycles. The molecule has 1 saturated heterocycles. The third-order valence-electron chi connectivity index (χ3n) is 6.18. The number of benzene rings is 2. The van der Waals surface area contributed by atoms with E-state index in [1.54, 1.807) is 13.8 Å². The number of aromatic hydroxyl groups is 1. The van der Waals surface area contributed by atoms with Gasteiger partial charge in [0.2, 0.25) is 0 Å². The zero-order chi connectivity index (χ0) is 26.8. The van der Waals surface area contributed by atoms with Gasteiger partial charge < -0.3 is 25.8 Å². The summed E-state index contributed by atoms with van der Waals surface area (Å²) in [6.45, 7) is 6.13. The van der Waals surface area contributed by atoms with Gasteiger partial charge in [0, 0.05) is 30.4 Å². The summed E-state index contributed by atoms with van der Waals surface area (Å²) in [7, 11) is 1.96. The van der Waals surface area contributed by atoms with Crippen LogP contribution in [0.4, 0.5) is 29.3 Å². The molecule has 2 amide bonds. The van der Waals surface area contributed by atoms with Gasteiger partial charge in [0.25, 0.3) is 0 Å². The molecule has 0 atom stereocenters. The Kier molecular flexibility index (Phi) is 8.02. The topological polar surface area (TPSA) is 115 Å². The average molecular weight is 508 g/mol. The van der Waals surface area contributed by atoms with Crippen LogP contribution in [0.2, 0.25) is 0 Å². The number of rotatable bonds is 6. The smallest absolute Gasteiger partial charge is 0.420 e. The lowest BCUT2D eigenvalue weighted by Crippen LogP contribution is -2.41. The van der Waals surface area contributed by atoms with E-state index >= 15 is 0 Å². The van der Waals surface area contributed by atoms with Crippen LogP contribution >= 0.6 is 0 Å². The molecule has 196 valence electrons. The van der Waals surface area contributed by atoms with E-state index in [0.717, 1.165) is 13.1 Å². The number of alkyl halides is 3. The van der Waals surface area contributed by atoms with E-state index in [9.17, 15) is 23.1 Å². The van der Waals surface area contributed by atoms with Gasteiger partial charge in [-0.3, -0.25) is 10.3 Å². The van der Waals surface area contributed by atoms with E-state index in [2.05, 4.69) is 10.2 Å². The standard InChI is InChI=1S/C25H32F3N5O3/c1-14(2)33(24(35)31-18-13-16(23(29)30)5-7-20(18)34)19-6-8-21(22(15(19)3)25(26,27)28)36-17-9-11-32(4)12-10-17/h5-8,13-14,17,34H,9-12H2,1-4H3,(H3,29,30)(H,31,35). The fraction of sp³-hybridized carbons (Fsp3) is 0.440. The van der Waals surface area contributed by atoms with E-state index in [1.165, 1.54) is 42.2 Å². The molecule has 1 heterocycles. The van der Waals surface area contributed by atoms with Gasteiger partial charge in [-0.15, -0.1) is 0 Å². The molecule has 2 aromatic carbocycles. The van der Waals surface area contributed by atoms with Crippen molar-refractivity contribution < 1.29 is 27.8 Å². The van der Waals surface area contributed by atoms with Gasteiger partial charge >= 0.3 is 12.2 Å². The van der Waals surface area contributed by atoms with Crippen molar-refractivity contribution in [1.29, 1.82) is 5.41 Å². The highest BCUT2D eigenvalue weighted by Gasteiger charge is 2.39. The van der Waals surface area contributed by atoms with Crippen LogP contribution in [0, 0.1) is 12.3 Å². The lowest BCUT2D eigenvalue weighted by molar-refractivity contribution is -0.139. The first-order valence-electron chi connectivity index (χ1n) is 11.6. The number of anilines is 2. The molecule has 0 spiro atoms. The number of nitrogen functional groups attached to an aromatic ring is 1. The Morgan fingerprint density at radius 2 is 1.89 bits per heavy atom. The summed E-state index contributed by atoms with van der Waals surface area (Å²) in [6, 6.07) is 5.44. The number of amidine groups is 1. The molecule has 0 saturated carbocycles. The highest BCUT2D eigenvalue weighted by Crippen LogP contribution is 2.43. The first-order valence-corrected chi connectivity index (χ1v) is 11.6. The molecule has 2 aromatic rings. The molecular weight excluding hydrogens is 475 g/mol. The first-order chi connectivity index (χ1) is 16.8. The Bertz CT molecular complexity index is 1130. The van der Waals surface area contributed by atoms with Gasteiger partial charge in [0.15, 0.2) is 0 Å². The van der Waals surface area contributed by atoms with E-state index in [1.807, 2.05) is 7.05 Å². The molecule has 8 nitrogen and oxygen atoms in total. The van der Waals surface area contributed by atoms with E-state index in [-0.39, 0.29) is 45.9 Å². The van der Waals surface area contributed by atoms with Crippen molar-refractivity contribution in [3.8, 4) is 11.5 Å². The number of nitrogens with two attached hydrogens (primary N) is 1. The molecular formula is C25H32F3N5O3. The third-order valence-corrected chi connectivity index (χ3v) is 6.18. The Morgan fingerprint density at radius 1 is 1.25 bits per heavy atom. The van der Waals surface area contributed by atoms with Crippen molar-refractivity contribution in [3.63, 3.8) is 0 Å². The Hall–Kier alpha value is -3.47. The highest BCUT2D eigenvalue weighted by atomic mass is 19.4. The summed E-state index contributed by atoms with van der Waals surface area (Å²) in [5.41, 5.74) is 4.74. The minimum absolute atomic E-state index is 0.0192. The zero-order valence-corrected chi connectivity index (χ0v) is 20.7. The van der Waals surface area contributed by atoms with Crippen molar-refractivity contribution in [2.24, 2.45) is 5.73 Å². The molecule has 3 rings (SSSR count). The average Bonchev–Trinajstić information content (AvgIpc) is 2.77. The normalized spacial score (nSPS) is 15.1. The monoisotopic (exact) mass is 507 g/mol. The van der Waals surface area contributed by atoms with E-state index in [4.69, 9.17) is 15.9 Å². The van der Waals surface area contributed by atoms with Gasteiger partial charge in [-0.1, -0.05) is 0 Å². The summed E-state index contributed by atoms with van der Waals surface area (Å²) in [4.78, 5) is 16.5. The molecule has 0 unspecified atom stereocenters. The first kappa shape index (κ1) is 27.1. The van der Waals surface area contributed by atoms with Crippen molar-refractivity contribution >= 4 is 23.2 Å². The summed E-state index contributed by atoms with van der Waals surface area (Å²) in [5, 5.41) is 20.2. The van der Waals surface area contributed by atoms with Crippen LogP contribution in [0.5, 0.6) is 11.5 Å². The van der Waals surface area contributed by atoms with Crippen LogP contribution in [-0.4, -0.2) is 54.2 Å². The number of likely N-dealkylation sites (tertiary alicyclic amines) is 1. The molecule has 1 aliphatic heterocycles. The molecule has 11 heteroatoms.